The Bertz CT molecular complexity index is 995. The van der Waals surface area contributed by atoms with Crippen molar-refractivity contribution < 1.29 is 23.9 Å². The Morgan fingerprint density at radius 3 is 2.61 bits per heavy atom. The van der Waals surface area contributed by atoms with Crippen molar-refractivity contribution in [3.63, 3.8) is 0 Å². The van der Waals surface area contributed by atoms with Gasteiger partial charge in [-0.15, -0.1) is 0 Å². The number of carbonyl (C=O) groups excluding carboxylic acids is 2. The molecular formula is C19H18FN3O5. The quantitative estimate of drug-likeness (QED) is 0.668. The standard InChI is InChI=1S/C19H18FN3O5/c20-11-16(24)14(10-17(25)26)22-18(27)15(6-3-8-21)23-9-7-12-4-1-2-5-13(12)19(23)28/h1-2,4-5,7,9,14-15H,3,6,10-11H2,(H,22,27)(H,25,26)/t14?,15-/m0/s1. The Hall–Kier alpha value is -3.54. The number of alkyl halides is 1. The van der Waals surface area contributed by atoms with Crippen molar-refractivity contribution in [1.82, 2.24) is 9.88 Å². The predicted octanol–water partition coefficient (Wildman–Crippen LogP) is 1.34. The number of hydrogen-bond donors (Lipinski definition) is 2. The van der Waals surface area contributed by atoms with E-state index >= 15 is 0 Å². The zero-order valence-electron chi connectivity index (χ0n) is 14.8. The van der Waals surface area contributed by atoms with E-state index in [-0.39, 0.29) is 12.8 Å². The molecule has 146 valence electrons. The molecule has 0 radical (unpaired) electrons. The molecule has 8 nitrogen and oxygen atoms in total. The van der Waals surface area contributed by atoms with Gasteiger partial charge in [0.1, 0.15) is 18.8 Å². The highest BCUT2D eigenvalue weighted by Gasteiger charge is 2.28. The number of fused-ring (bicyclic) bond motifs is 1. The van der Waals surface area contributed by atoms with Crippen molar-refractivity contribution in [2.24, 2.45) is 0 Å². The molecule has 1 unspecified atom stereocenters. The van der Waals surface area contributed by atoms with E-state index < -0.39 is 48.4 Å². The Morgan fingerprint density at radius 2 is 1.96 bits per heavy atom. The van der Waals surface area contributed by atoms with Crippen molar-refractivity contribution >= 4 is 28.4 Å². The molecule has 2 atom stereocenters. The number of ketones is 1. The molecule has 1 amide bonds. The van der Waals surface area contributed by atoms with Gasteiger partial charge in [-0.25, -0.2) is 4.39 Å². The summed E-state index contributed by atoms with van der Waals surface area (Å²) in [5, 5.41) is 21.0. The van der Waals surface area contributed by atoms with Crippen molar-refractivity contribution in [2.75, 3.05) is 6.67 Å². The maximum Gasteiger partial charge on any atom is 0.305 e. The molecule has 1 aromatic heterocycles. The van der Waals surface area contributed by atoms with Gasteiger partial charge < -0.3 is 15.0 Å². The summed E-state index contributed by atoms with van der Waals surface area (Å²) < 4.78 is 13.8. The minimum atomic E-state index is -1.56. The lowest BCUT2D eigenvalue weighted by molar-refractivity contribution is -0.140. The minimum Gasteiger partial charge on any atom is -0.481 e. The average molecular weight is 387 g/mol. The summed E-state index contributed by atoms with van der Waals surface area (Å²) in [6, 6.07) is 7.54. The van der Waals surface area contributed by atoms with Crippen LogP contribution in [0.3, 0.4) is 0 Å². The van der Waals surface area contributed by atoms with Gasteiger partial charge in [0.15, 0.2) is 5.78 Å². The summed E-state index contributed by atoms with van der Waals surface area (Å²) >= 11 is 0. The normalized spacial score (nSPS) is 12.7. The van der Waals surface area contributed by atoms with Crippen molar-refractivity contribution in [2.45, 2.75) is 31.3 Å². The van der Waals surface area contributed by atoms with Crippen LogP contribution in [0.1, 0.15) is 25.3 Å². The number of nitriles is 1. The first-order valence-corrected chi connectivity index (χ1v) is 8.46. The summed E-state index contributed by atoms with van der Waals surface area (Å²) in [4.78, 5) is 48.0. The van der Waals surface area contributed by atoms with E-state index in [0.717, 1.165) is 4.57 Å². The number of carbonyl (C=O) groups is 3. The third-order valence-corrected chi connectivity index (χ3v) is 4.22. The highest BCUT2D eigenvalue weighted by atomic mass is 19.1. The number of halogens is 1. The first kappa shape index (κ1) is 20.8. The Labute approximate surface area is 159 Å². The van der Waals surface area contributed by atoms with E-state index in [4.69, 9.17) is 10.4 Å². The number of Topliss-reactive ketones (excluding diaryl/α,β-unsaturated/α-hetero) is 1. The summed E-state index contributed by atoms with van der Waals surface area (Å²) in [6.45, 7) is -1.43. The molecule has 28 heavy (non-hydrogen) atoms. The molecular weight excluding hydrogens is 369 g/mol. The number of hydrogen-bond acceptors (Lipinski definition) is 5. The molecule has 1 aromatic carbocycles. The Morgan fingerprint density at radius 1 is 1.25 bits per heavy atom. The number of rotatable bonds is 9. The molecule has 0 bridgehead atoms. The fourth-order valence-corrected chi connectivity index (χ4v) is 2.83. The Balaban J connectivity index is 2.40. The number of pyridine rings is 1. The van der Waals surface area contributed by atoms with Gasteiger partial charge >= 0.3 is 5.97 Å². The zero-order valence-corrected chi connectivity index (χ0v) is 14.8. The number of amides is 1. The molecule has 2 aromatic rings. The molecule has 2 rings (SSSR count). The topological polar surface area (TPSA) is 129 Å². The van der Waals surface area contributed by atoms with E-state index in [9.17, 15) is 23.6 Å². The maximum atomic E-state index is 12.8. The van der Waals surface area contributed by atoms with E-state index in [1.54, 1.807) is 30.3 Å². The van der Waals surface area contributed by atoms with Crippen molar-refractivity contribution in [3.05, 3.63) is 46.9 Å². The van der Waals surface area contributed by atoms with Crippen LogP contribution in [0.25, 0.3) is 10.8 Å². The van der Waals surface area contributed by atoms with Crippen LogP contribution in [0.2, 0.25) is 0 Å². The Kier molecular flexibility index (Phi) is 6.98. The number of benzene rings is 1. The van der Waals surface area contributed by atoms with Crippen LogP contribution in [-0.4, -0.2) is 40.0 Å². The molecule has 2 N–H and O–H groups in total. The third kappa shape index (κ3) is 4.79. The van der Waals surface area contributed by atoms with Crippen molar-refractivity contribution in [3.8, 4) is 6.07 Å². The molecule has 0 aliphatic rings. The van der Waals surface area contributed by atoms with Crippen LogP contribution < -0.4 is 10.9 Å². The number of nitrogens with one attached hydrogen (secondary N) is 1. The molecule has 0 aliphatic heterocycles. The monoisotopic (exact) mass is 387 g/mol. The highest BCUT2D eigenvalue weighted by molar-refractivity contribution is 5.93. The van der Waals surface area contributed by atoms with Crippen LogP contribution >= 0.6 is 0 Å². The van der Waals surface area contributed by atoms with Crippen LogP contribution in [0.5, 0.6) is 0 Å². The molecule has 0 fully saturated rings. The van der Waals surface area contributed by atoms with Crippen LogP contribution in [0, 0.1) is 11.3 Å². The molecule has 0 saturated heterocycles. The number of aliphatic carboxylic acids is 1. The second-order valence-electron chi connectivity index (χ2n) is 6.09. The zero-order chi connectivity index (χ0) is 20.7. The predicted molar refractivity (Wildman–Crippen MR) is 97.3 cm³/mol. The van der Waals surface area contributed by atoms with Crippen LogP contribution in [0.15, 0.2) is 41.3 Å². The van der Waals surface area contributed by atoms with Crippen LogP contribution in [-0.2, 0) is 14.4 Å². The fourth-order valence-electron chi connectivity index (χ4n) is 2.83. The van der Waals surface area contributed by atoms with Gasteiger partial charge in [0.25, 0.3) is 5.56 Å². The van der Waals surface area contributed by atoms with Gasteiger partial charge in [-0.1, -0.05) is 18.2 Å². The second kappa shape index (κ2) is 9.41. The van der Waals surface area contributed by atoms with E-state index in [0.29, 0.717) is 10.8 Å². The average Bonchev–Trinajstić information content (AvgIpc) is 2.68. The molecule has 1 heterocycles. The number of carboxylic acid groups (broad SMARTS) is 1. The highest BCUT2D eigenvalue weighted by Crippen LogP contribution is 2.16. The van der Waals surface area contributed by atoms with Crippen LogP contribution in [0.4, 0.5) is 4.39 Å². The largest absolute Gasteiger partial charge is 0.481 e. The lowest BCUT2D eigenvalue weighted by Crippen LogP contribution is -2.47. The lowest BCUT2D eigenvalue weighted by atomic mass is 10.1. The van der Waals surface area contributed by atoms with Gasteiger partial charge in [0.2, 0.25) is 5.91 Å². The van der Waals surface area contributed by atoms with Gasteiger partial charge in [-0.2, -0.15) is 5.26 Å². The molecule has 0 spiro atoms. The first-order chi connectivity index (χ1) is 13.4. The summed E-state index contributed by atoms with van der Waals surface area (Å²) in [5.74, 6) is -3.30. The smallest absolute Gasteiger partial charge is 0.305 e. The number of nitrogens with zero attached hydrogens (tertiary/aromatic N) is 2. The van der Waals surface area contributed by atoms with Gasteiger partial charge in [-0.3, -0.25) is 19.2 Å². The maximum absolute atomic E-state index is 12.8. The first-order valence-electron chi connectivity index (χ1n) is 8.46. The summed E-state index contributed by atoms with van der Waals surface area (Å²) in [5.41, 5.74) is -0.470. The number of carboxylic acids is 1. The summed E-state index contributed by atoms with van der Waals surface area (Å²) in [7, 11) is 0. The van der Waals surface area contributed by atoms with Gasteiger partial charge in [0, 0.05) is 18.0 Å². The van der Waals surface area contributed by atoms with Gasteiger partial charge in [-0.05, 0) is 23.9 Å². The van der Waals surface area contributed by atoms with E-state index in [1.165, 1.54) is 6.20 Å². The van der Waals surface area contributed by atoms with E-state index in [2.05, 4.69) is 5.32 Å². The van der Waals surface area contributed by atoms with Crippen molar-refractivity contribution in [1.29, 1.82) is 5.26 Å². The number of aromatic nitrogens is 1. The van der Waals surface area contributed by atoms with E-state index in [1.807, 2.05) is 6.07 Å². The fraction of sp³-hybridized carbons (Fsp3) is 0.316. The summed E-state index contributed by atoms with van der Waals surface area (Å²) in [6.07, 6.45) is 0.518. The molecule has 9 heteroatoms. The molecule has 0 aliphatic carbocycles. The van der Waals surface area contributed by atoms with Gasteiger partial charge in [0.05, 0.1) is 12.5 Å². The lowest BCUT2D eigenvalue weighted by Gasteiger charge is -2.22. The SMILES string of the molecule is N#CCC[C@@H](C(=O)NC(CC(=O)O)C(=O)CF)n1ccc2ccccc2c1=O. The minimum absolute atomic E-state index is 0.0375. The second-order valence-corrected chi connectivity index (χ2v) is 6.09. The molecule has 0 saturated carbocycles. The third-order valence-electron chi connectivity index (χ3n) is 4.22.